The van der Waals surface area contributed by atoms with Gasteiger partial charge in [-0.15, -0.1) is 0 Å². The molecule has 0 aromatic heterocycles. The fourth-order valence-electron chi connectivity index (χ4n) is 4.23. The van der Waals surface area contributed by atoms with Gasteiger partial charge in [0.15, 0.2) is 0 Å². The first-order chi connectivity index (χ1) is 15.8. The largest absolute Gasteiger partial charge is 0.496 e. The van der Waals surface area contributed by atoms with Crippen LogP contribution in [0.15, 0.2) is 48.5 Å². The molecule has 0 radical (unpaired) electrons. The van der Waals surface area contributed by atoms with Crippen molar-refractivity contribution in [2.45, 2.75) is 31.7 Å². The van der Waals surface area contributed by atoms with Gasteiger partial charge in [-0.2, -0.15) is 0 Å². The van der Waals surface area contributed by atoms with E-state index >= 15 is 0 Å². The summed E-state index contributed by atoms with van der Waals surface area (Å²) in [5.41, 5.74) is 0.880. The van der Waals surface area contributed by atoms with Gasteiger partial charge >= 0.3 is 6.03 Å². The molecule has 0 spiro atoms. The average Bonchev–Trinajstić information content (AvgIpc) is 3.31. The summed E-state index contributed by atoms with van der Waals surface area (Å²) in [6, 6.07) is 13.6. The molecule has 9 nitrogen and oxygen atoms in total. The first-order valence-corrected chi connectivity index (χ1v) is 10.8. The van der Waals surface area contributed by atoms with Crippen molar-refractivity contribution < 1.29 is 23.9 Å². The molecule has 33 heavy (non-hydrogen) atoms. The van der Waals surface area contributed by atoms with E-state index in [1.165, 1.54) is 0 Å². The Morgan fingerprint density at radius 1 is 1.12 bits per heavy atom. The smallest absolute Gasteiger partial charge is 0.325 e. The molecule has 9 heteroatoms. The zero-order valence-electron chi connectivity index (χ0n) is 18.6. The van der Waals surface area contributed by atoms with Crippen LogP contribution in [0.25, 0.3) is 0 Å². The predicted molar refractivity (Wildman–Crippen MR) is 122 cm³/mol. The SMILES string of the molecule is COc1ccccc1CC1(C)NC(=O)N(CC(=O)Nc2ccc(N3CCCC3=O)cc2)C1=O. The summed E-state index contributed by atoms with van der Waals surface area (Å²) >= 11 is 0. The van der Waals surface area contributed by atoms with Crippen LogP contribution in [-0.2, 0) is 20.8 Å². The molecule has 5 amide bonds. The van der Waals surface area contributed by atoms with Crippen LogP contribution in [0.4, 0.5) is 16.2 Å². The number of benzene rings is 2. The fourth-order valence-corrected chi connectivity index (χ4v) is 4.23. The van der Waals surface area contributed by atoms with Crippen molar-refractivity contribution in [2.75, 3.05) is 30.4 Å². The first kappa shape index (κ1) is 22.3. The van der Waals surface area contributed by atoms with Crippen molar-refractivity contribution in [1.29, 1.82) is 0 Å². The lowest BCUT2D eigenvalue weighted by Gasteiger charge is -2.22. The minimum atomic E-state index is -1.18. The lowest BCUT2D eigenvalue weighted by molar-refractivity contribution is -0.133. The molecular formula is C24H26N4O5. The minimum absolute atomic E-state index is 0.0847. The van der Waals surface area contributed by atoms with Gasteiger partial charge in [-0.05, 0) is 49.2 Å². The molecule has 2 heterocycles. The predicted octanol–water partition coefficient (Wildman–Crippen LogP) is 2.31. The van der Waals surface area contributed by atoms with Gasteiger partial charge in [0.1, 0.15) is 17.8 Å². The summed E-state index contributed by atoms with van der Waals surface area (Å²) in [4.78, 5) is 52.6. The number of ether oxygens (including phenoxy) is 1. The van der Waals surface area contributed by atoms with Crippen molar-refractivity contribution in [2.24, 2.45) is 0 Å². The number of hydrogen-bond donors (Lipinski definition) is 2. The topological polar surface area (TPSA) is 108 Å². The second-order valence-electron chi connectivity index (χ2n) is 8.39. The van der Waals surface area contributed by atoms with Crippen LogP contribution in [0.2, 0.25) is 0 Å². The molecule has 2 fully saturated rings. The summed E-state index contributed by atoms with van der Waals surface area (Å²) in [5.74, 6) is -0.265. The Hall–Kier alpha value is -3.88. The maximum atomic E-state index is 13.0. The molecule has 172 valence electrons. The molecule has 0 saturated carbocycles. The summed E-state index contributed by atoms with van der Waals surface area (Å²) in [7, 11) is 1.54. The third kappa shape index (κ3) is 4.52. The van der Waals surface area contributed by atoms with E-state index in [9.17, 15) is 19.2 Å². The van der Waals surface area contributed by atoms with Crippen LogP contribution in [-0.4, -0.2) is 54.4 Å². The van der Waals surface area contributed by atoms with Crippen LogP contribution >= 0.6 is 0 Å². The van der Waals surface area contributed by atoms with Gasteiger partial charge in [0.25, 0.3) is 5.91 Å². The van der Waals surface area contributed by atoms with Gasteiger partial charge in [-0.25, -0.2) is 4.79 Å². The second kappa shape index (κ2) is 8.93. The van der Waals surface area contributed by atoms with E-state index in [0.717, 1.165) is 22.6 Å². The number of para-hydroxylation sites is 1. The number of carbonyl (C=O) groups is 4. The third-order valence-corrected chi connectivity index (χ3v) is 5.92. The number of anilines is 2. The number of hydrogen-bond acceptors (Lipinski definition) is 5. The van der Waals surface area contributed by atoms with Gasteiger partial charge < -0.3 is 20.3 Å². The minimum Gasteiger partial charge on any atom is -0.496 e. The third-order valence-electron chi connectivity index (χ3n) is 5.92. The maximum absolute atomic E-state index is 13.0. The zero-order chi connectivity index (χ0) is 23.6. The summed E-state index contributed by atoms with van der Waals surface area (Å²) in [5, 5.41) is 5.40. The number of imide groups is 1. The molecule has 0 bridgehead atoms. The summed E-state index contributed by atoms with van der Waals surface area (Å²) < 4.78 is 5.34. The van der Waals surface area contributed by atoms with E-state index in [4.69, 9.17) is 4.74 Å². The van der Waals surface area contributed by atoms with Gasteiger partial charge in [0.2, 0.25) is 11.8 Å². The summed E-state index contributed by atoms with van der Waals surface area (Å²) in [6.45, 7) is 1.92. The standard InChI is InChI=1S/C24H26N4O5/c1-24(14-16-6-3-4-7-19(16)33-2)22(31)28(23(32)26-24)15-20(29)25-17-9-11-18(12-10-17)27-13-5-8-21(27)30/h3-4,6-7,9-12H,5,8,13-15H2,1-2H3,(H,25,29)(H,26,32). The van der Waals surface area contributed by atoms with Crippen LogP contribution in [0.3, 0.4) is 0 Å². The zero-order valence-corrected chi connectivity index (χ0v) is 18.6. The molecule has 2 aromatic rings. The maximum Gasteiger partial charge on any atom is 0.325 e. The average molecular weight is 450 g/mol. The molecule has 2 N–H and O–H groups in total. The van der Waals surface area contributed by atoms with Gasteiger partial charge in [0.05, 0.1) is 7.11 Å². The molecule has 1 unspecified atom stereocenters. The number of amides is 5. The van der Waals surface area contributed by atoms with E-state index < -0.39 is 29.9 Å². The van der Waals surface area contributed by atoms with Crippen LogP contribution < -0.4 is 20.3 Å². The highest BCUT2D eigenvalue weighted by Gasteiger charge is 2.48. The van der Waals surface area contributed by atoms with Crippen LogP contribution in [0.1, 0.15) is 25.3 Å². The van der Waals surface area contributed by atoms with E-state index in [1.54, 1.807) is 49.3 Å². The number of nitrogens with one attached hydrogen (secondary N) is 2. The van der Waals surface area contributed by atoms with Crippen molar-refractivity contribution in [3.05, 3.63) is 54.1 Å². The van der Waals surface area contributed by atoms with E-state index in [1.807, 2.05) is 18.2 Å². The van der Waals surface area contributed by atoms with E-state index in [2.05, 4.69) is 10.6 Å². The molecule has 4 rings (SSSR count). The van der Waals surface area contributed by atoms with Gasteiger partial charge in [-0.1, -0.05) is 18.2 Å². The Labute approximate surface area is 191 Å². The lowest BCUT2D eigenvalue weighted by Crippen LogP contribution is -2.46. The highest BCUT2D eigenvalue weighted by molar-refractivity contribution is 6.10. The Morgan fingerprint density at radius 2 is 1.85 bits per heavy atom. The van der Waals surface area contributed by atoms with Crippen molar-refractivity contribution in [1.82, 2.24) is 10.2 Å². The molecule has 2 aliphatic heterocycles. The normalized spacial score (nSPS) is 20.2. The van der Waals surface area contributed by atoms with Gasteiger partial charge in [-0.3, -0.25) is 19.3 Å². The Balaban J connectivity index is 1.39. The summed E-state index contributed by atoms with van der Waals surface area (Å²) in [6.07, 6.45) is 1.61. The molecule has 2 saturated heterocycles. The van der Waals surface area contributed by atoms with Crippen molar-refractivity contribution in [3.8, 4) is 5.75 Å². The molecule has 0 aliphatic carbocycles. The Morgan fingerprint density at radius 3 is 2.52 bits per heavy atom. The number of urea groups is 1. The Bertz CT molecular complexity index is 1100. The molecule has 2 aliphatic rings. The molecule has 2 aromatic carbocycles. The number of methoxy groups -OCH3 is 1. The second-order valence-corrected chi connectivity index (χ2v) is 8.39. The van der Waals surface area contributed by atoms with Crippen molar-refractivity contribution in [3.63, 3.8) is 0 Å². The van der Waals surface area contributed by atoms with Crippen LogP contribution in [0, 0.1) is 0 Å². The molecule has 1 atom stereocenters. The highest BCUT2D eigenvalue weighted by Crippen LogP contribution is 2.27. The van der Waals surface area contributed by atoms with E-state index in [0.29, 0.717) is 24.4 Å². The number of rotatable bonds is 7. The number of nitrogens with zero attached hydrogens (tertiary/aromatic N) is 2. The van der Waals surface area contributed by atoms with Gasteiger partial charge in [0, 0.05) is 30.8 Å². The monoisotopic (exact) mass is 450 g/mol. The van der Waals surface area contributed by atoms with E-state index in [-0.39, 0.29) is 12.3 Å². The van der Waals surface area contributed by atoms with Crippen molar-refractivity contribution >= 4 is 35.1 Å². The molecular weight excluding hydrogens is 424 g/mol. The van der Waals surface area contributed by atoms with Crippen LogP contribution in [0.5, 0.6) is 5.75 Å². The fraction of sp³-hybridized carbons (Fsp3) is 0.333. The number of carbonyl (C=O) groups excluding carboxylic acids is 4. The quantitative estimate of drug-likeness (QED) is 0.630. The lowest BCUT2D eigenvalue weighted by atomic mass is 9.92. The Kier molecular flexibility index (Phi) is 6.04. The highest BCUT2D eigenvalue weighted by atomic mass is 16.5. The first-order valence-electron chi connectivity index (χ1n) is 10.8.